The summed E-state index contributed by atoms with van der Waals surface area (Å²) >= 11 is 0. The van der Waals surface area contributed by atoms with Crippen LogP contribution in [-0.2, 0) is 7.05 Å². The molecule has 0 spiro atoms. The number of nitrogens with two attached hydrogens (primary N) is 2. The number of aryl methyl sites for hydroxylation is 1. The summed E-state index contributed by atoms with van der Waals surface area (Å²) in [5.41, 5.74) is 15.6. The van der Waals surface area contributed by atoms with E-state index in [1.165, 1.54) is 0 Å². The molecule has 3 heterocycles. The van der Waals surface area contributed by atoms with Crippen molar-refractivity contribution in [3.8, 4) is 11.4 Å². The molecule has 0 radical (unpaired) electrons. The van der Waals surface area contributed by atoms with Gasteiger partial charge in [0, 0.05) is 35.8 Å². The first-order chi connectivity index (χ1) is 12.4. The van der Waals surface area contributed by atoms with E-state index in [4.69, 9.17) is 16.6 Å². The number of benzene rings is 1. The van der Waals surface area contributed by atoms with Crippen LogP contribution in [0, 0.1) is 0 Å². The van der Waals surface area contributed by atoms with Gasteiger partial charge in [-0.1, -0.05) is 6.07 Å². The minimum atomic E-state index is -0.447. The molecule has 0 fully saturated rings. The van der Waals surface area contributed by atoms with E-state index in [2.05, 4.69) is 18.8 Å². The Morgan fingerprint density at radius 1 is 1.15 bits per heavy atom. The normalized spacial score (nSPS) is 11.7. The van der Waals surface area contributed by atoms with E-state index < -0.39 is 5.91 Å². The van der Waals surface area contributed by atoms with Crippen molar-refractivity contribution in [2.24, 2.45) is 12.8 Å². The highest BCUT2D eigenvalue weighted by Crippen LogP contribution is 2.35. The Morgan fingerprint density at radius 2 is 1.92 bits per heavy atom. The minimum absolute atomic E-state index is 0.184. The van der Waals surface area contributed by atoms with E-state index in [-0.39, 0.29) is 6.04 Å². The highest BCUT2D eigenvalue weighted by molar-refractivity contribution is 6.03. The molecule has 7 heteroatoms. The number of nitrogens with zero attached hydrogens (tertiary/aromatic N) is 4. The molecule has 0 bridgehead atoms. The van der Waals surface area contributed by atoms with Crippen LogP contribution in [0.1, 0.15) is 30.2 Å². The van der Waals surface area contributed by atoms with Crippen LogP contribution in [0.3, 0.4) is 0 Å². The number of carbonyl (C=O) groups excluding carboxylic acids is 1. The Balaban J connectivity index is 2.04. The van der Waals surface area contributed by atoms with Gasteiger partial charge in [0.05, 0.1) is 16.6 Å². The minimum Gasteiger partial charge on any atom is -0.383 e. The second kappa shape index (κ2) is 5.59. The lowest BCUT2D eigenvalue weighted by atomic mass is 10.1. The van der Waals surface area contributed by atoms with Crippen LogP contribution >= 0.6 is 0 Å². The number of amides is 1. The smallest absolute Gasteiger partial charge is 0.248 e. The van der Waals surface area contributed by atoms with Gasteiger partial charge in [0.15, 0.2) is 0 Å². The molecule has 4 rings (SSSR count). The zero-order chi connectivity index (χ0) is 18.6. The number of hydrogen-bond donors (Lipinski definition) is 2. The predicted octanol–water partition coefficient (Wildman–Crippen LogP) is 2.85. The van der Waals surface area contributed by atoms with E-state index in [1.807, 2.05) is 34.5 Å². The van der Waals surface area contributed by atoms with E-state index in [0.717, 1.165) is 33.2 Å². The monoisotopic (exact) mass is 348 g/mol. The van der Waals surface area contributed by atoms with Crippen molar-refractivity contribution in [1.82, 2.24) is 19.3 Å². The number of pyridine rings is 1. The molecule has 0 saturated heterocycles. The fraction of sp³-hybridized carbons (Fsp3) is 0.211. The molecule has 0 unspecified atom stereocenters. The Hall–Kier alpha value is -3.35. The molecule has 0 atom stereocenters. The maximum Gasteiger partial charge on any atom is 0.248 e. The molecule has 7 nitrogen and oxygen atoms in total. The highest BCUT2D eigenvalue weighted by atomic mass is 16.1. The number of primary amides is 1. The van der Waals surface area contributed by atoms with Crippen molar-refractivity contribution in [1.29, 1.82) is 0 Å². The van der Waals surface area contributed by atoms with Crippen LogP contribution in [0.5, 0.6) is 0 Å². The first-order valence-corrected chi connectivity index (χ1v) is 8.41. The van der Waals surface area contributed by atoms with Gasteiger partial charge in [0.2, 0.25) is 5.91 Å². The summed E-state index contributed by atoms with van der Waals surface area (Å²) in [6.07, 6.45) is 1.70. The molecule has 4 aromatic rings. The van der Waals surface area contributed by atoms with Crippen LogP contribution in [0.2, 0.25) is 0 Å². The Labute approximate surface area is 150 Å². The molecule has 0 aliphatic heterocycles. The SMILES string of the molecule is CC(C)n1nc(-c2cc3ccc(C(N)=O)cc3n2C)c2c(N)nccc21. The number of nitrogen functional groups attached to an aromatic ring is 1. The highest BCUT2D eigenvalue weighted by Gasteiger charge is 2.20. The van der Waals surface area contributed by atoms with E-state index in [1.54, 1.807) is 18.3 Å². The zero-order valence-electron chi connectivity index (χ0n) is 14.9. The largest absolute Gasteiger partial charge is 0.383 e. The zero-order valence-corrected chi connectivity index (χ0v) is 14.9. The first-order valence-electron chi connectivity index (χ1n) is 8.41. The molecule has 0 aliphatic carbocycles. The van der Waals surface area contributed by atoms with E-state index in [0.29, 0.717) is 11.4 Å². The summed E-state index contributed by atoms with van der Waals surface area (Å²) in [5.74, 6) is 0.00473. The van der Waals surface area contributed by atoms with Gasteiger partial charge in [-0.2, -0.15) is 5.10 Å². The molecule has 0 aliphatic rings. The van der Waals surface area contributed by atoms with Gasteiger partial charge in [-0.3, -0.25) is 9.48 Å². The van der Waals surface area contributed by atoms with Crippen molar-refractivity contribution in [3.63, 3.8) is 0 Å². The van der Waals surface area contributed by atoms with Crippen molar-refractivity contribution in [3.05, 3.63) is 42.1 Å². The van der Waals surface area contributed by atoms with Crippen molar-refractivity contribution >= 4 is 33.5 Å². The van der Waals surface area contributed by atoms with Gasteiger partial charge in [0.1, 0.15) is 11.5 Å². The second-order valence-corrected chi connectivity index (χ2v) is 6.70. The number of anilines is 1. The van der Waals surface area contributed by atoms with Gasteiger partial charge in [-0.15, -0.1) is 0 Å². The standard InChI is InChI=1S/C19H20N6O/c1-10(2)25-13-6-7-22-18(20)16(13)17(23-25)15-8-11-4-5-12(19(21)26)9-14(11)24(15)3/h4-10H,1-3H3,(H2,20,22)(H2,21,26). The van der Waals surface area contributed by atoms with Crippen LogP contribution in [0.15, 0.2) is 36.5 Å². The maximum absolute atomic E-state index is 11.5. The number of rotatable bonds is 3. The number of hydrogen-bond acceptors (Lipinski definition) is 4. The molecule has 3 aromatic heterocycles. The summed E-state index contributed by atoms with van der Waals surface area (Å²) < 4.78 is 3.95. The fourth-order valence-electron chi connectivity index (χ4n) is 3.40. The summed E-state index contributed by atoms with van der Waals surface area (Å²) in [5, 5.41) is 6.66. The summed E-state index contributed by atoms with van der Waals surface area (Å²) in [4.78, 5) is 15.7. The summed E-state index contributed by atoms with van der Waals surface area (Å²) in [7, 11) is 1.94. The summed E-state index contributed by atoms with van der Waals surface area (Å²) in [6, 6.07) is 9.57. The van der Waals surface area contributed by atoms with Crippen molar-refractivity contribution in [2.45, 2.75) is 19.9 Å². The fourth-order valence-corrected chi connectivity index (χ4v) is 3.40. The quantitative estimate of drug-likeness (QED) is 0.594. The first kappa shape index (κ1) is 16.1. The van der Waals surface area contributed by atoms with Gasteiger partial charge in [-0.25, -0.2) is 4.98 Å². The summed E-state index contributed by atoms with van der Waals surface area (Å²) in [6.45, 7) is 4.15. The number of aromatic nitrogens is 4. The average Bonchev–Trinajstić information content (AvgIpc) is 3.14. The van der Waals surface area contributed by atoms with Gasteiger partial charge >= 0.3 is 0 Å². The third-order valence-corrected chi connectivity index (χ3v) is 4.71. The van der Waals surface area contributed by atoms with Gasteiger partial charge in [0.25, 0.3) is 0 Å². The third kappa shape index (κ3) is 2.24. The predicted molar refractivity (Wildman–Crippen MR) is 103 cm³/mol. The third-order valence-electron chi connectivity index (χ3n) is 4.71. The van der Waals surface area contributed by atoms with Crippen LogP contribution in [-0.4, -0.2) is 25.2 Å². The molecular formula is C19H20N6O. The lowest BCUT2D eigenvalue weighted by Crippen LogP contribution is -2.10. The maximum atomic E-state index is 11.5. The van der Waals surface area contributed by atoms with Crippen LogP contribution in [0.4, 0.5) is 5.82 Å². The Morgan fingerprint density at radius 3 is 2.62 bits per heavy atom. The van der Waals surface area contributed by atoms with Crippen molar-refractivity contribution < 1.29 is 4.79 Å². The molecule has 132 valence electrons. The molecular weight excluding hydrogens is 328 g/mol. The Bertz CT molecular complexity index is 1170. The molecule has 26 heavy (non-hydrogen) atoms. The van der Waals surface area contributed by atoms with Crippen molar-refractivity contribution in [2.75, 3.05) is 5.73 Å². The molecule has 1 amide bonds. The topological polar surface area (TPSA) is 105 Å². The molecule has 1 aromatic carbocycles. The van der Waals surface area contributed by atoms with E-state index in [9.17, 15) is 4.79 Å². The number of fused-ring (bicyclic) bond motifs is 2. The van der Waals surface area contributed by atoms with Gasteiger partial charge < -0.3 is 16.0 Å². The molecule has 0 saturated carbocycles. The van der Waals surface area contributed by atoms with Gasteiger partial charge in [-0.05, 0) is 38.1 Å². The van der Waals surface area contributed by atoms with E-state index >= 15 is 0 Å². The number of carbonyl (C=O) groups is 1. The Kier molecular flexibility index (Phi) is 3.47. The lowest BCUT2D eigenvalue weighted by molar-refractivity contribution is 0.100. The average molecular weight is 348 g/mol. The lowest BCUT2D eigenvalue weighted by Gasteiger charge is -2.06. The van der Waals surface area contributed by atoms with Crippen LogP contribution in [0.25, 0.3) is 33.2 Å². The molecule has 4 N–H and O–H groups in total. The van der Waals surface area contributed by atoms with Crippen LogP contribution < -0.4 is 11.5 Å². The second-order valence-electron chi connectivity index (χ2n) is 6.70.